The fourth-order valence-corrected chi connectivity index (χ4v) is 14.8. The molecule has 3 saturated heterocycles. The highest BCUT2D eigenvalue weighted by Gasteiger charge is 2.36. The molecule has 0 spiro atoms. The molecule has 30 heteroatoms. The minimum Gasteiger partial charge on any atom is -0.462 e. The molecule has 9 aromatic rings. The number of fused-ring (bicyclic) bond motifs is 3. The van der Waals surface area contributed by atoms with Crippen LogP contribution in [-0.4, -0.2) is 231 Å². The summed E-state index contributed by atoms with van der Waals surface area (Å²) in [7, 11) is 11.8. The zero-order chi connectivity index (χ0) is 80.1. The Morgan fingerprint density at radius 1 is 0.423 bits per heavy atom. The van der Waals surface area contributed by atoms with E-state index in [-0.39, 0.29) is 53.2 Å². The molecule has 3 aliphatic rings. The molecule has 0 saturated carbocycles. The van der Waals surface area contributed by atoms with Crippen molar-refractivity contribution < 1.29 is 38.4 Å². The van der Waals surface area contributed by atoms with Crippen LogP contribution in [0.4, 0.5) is 22.7 Å². The number of ether oxygens (including phenoxy) is 2. The van der Waals surface area contributed by atoms with Crippen LogP contribution in [0.15, 0.2) is 142 Å². The van der Waals surface area contributed by atoms with Gasteiger partial charge in [0.05, 0.1) is 66.2 Å². The number of esters is 2. The summed E-state index contributed by atoms with van der Waals surface area (Å²) in [4.78, 5) is 135. The summed E-state index contributed by atoms with van der Waals surface area (Å²) in [5.41, 5.74) is 4.50. The Morgan fingerprint density at radius 2 is 0.793 bits per heavy atom. The van der Waals surface area contributed by atoms with Crippen molar-refractivity contribution in [2.24, 2.45) is 0 Å². The fraction of sp³-hybridized carbons (Fsp3) is 0.383. The normalized spacial score (nSPS) is 13.9. The van der Waals surface area contributed by atoms with Gasteiger partial charge in [-0.2, -0.15) is 0 Å². The Hall–Kier alpha value is -9.57. The van der Waals surface area contributed by atoms with Crippen LogP contribution in [0, 0.1) is 17.0 Å². The summed E-state index contributed by atoms with van der Waals surface area (Å²) in [6, 6.07) is 37.3. The van der Waals surface area contributed by atoms with Crippen molar-refractivity contribution in [1.82, 2.24) is 43.1 Å². The van der Waals surface area contributed by atoms with E-state index in [1.807, 2.05) is 140 Å². The molecule has 111 heavy (non-hydrogen) atoms. The molecular formula is C81H92Cl5N13O12. The van der Waals surface area contributed by atoms with E-state index in [9.17, 15) is 48.5 Å². The second-order valence-corrected chi connectivity index (χ2v) is 30.1. The van der Waals surface area contributed by atoms with E-state index in [0.717, 1.165) is 46.9 Å². The molecule has 3 fully saturated rings. The van der Waals surface area contributed by atoms with E-state index < -0.39 is 28.1 Å². The van der Waals surface area contributed by atoms with Gasteiger partial charge >= 0.3 is 23.2 Å². The van der Waals surface area contributed by atoms with Gasteiger partial charge in [0, 0.05) is 143 Å². The van der Waals surface area contributed by atoms with E-state index in [1.54, 1.807) is 92.3 Å². The number of benzene rings is 6. The minimum absolute atomic E-state index is 0.0454. The number of likely N-dealkylation sites (N-methyl/N-ethyl adjacent to an activating group) is 1. The van der Waals surface area contributed by atoms with Crippen LogP contribution in [0.25, 0.3) is 32.7 Å². The number of anilines is 3. The second-order valence-electron chi connectivity index (χ2n) is 28.0. The predicted molar refractivity (Wildman–Crippen MR) is 442 cm³/mol. The molecule has 3 aliphatic heterocycles. The molecule has 6 heterocycles. The van der Waals surface area contributed by atoms with E-state index in [1.165, 1.54) is 10.6 Å². The van der Waals surface area contributed by atoms with Crippen LogP contribution < -0.4 is 31.4 Å². The largest absolute Gasteiger partial charge is 0.462 e. The first-order valence-corrected chi connectivity index (χ1v) is 38.7. The number of carbonyl (C=O) groups excluding carboxylic acids is 5. The lowest BCUT2D eigenvalue weighted by atomic mass is 10.0. The number of pyridine rings is 3. The van der Waals surface area contributed by atoms with Crippen LogP contribution in [-0.2, 0) is 29.1 Å². The number of para-hydroxylation sites is 2. The number of rotatable bonds is 22. The maximum atomic E-state index is 13.9. The Kier molecular flexibility index (Phi) is 28.8. The molecule has 588 valence electrons. The zero-order valence-electron chi connectivity index (χ0n) is 63.8. The summed E-state index contributed by atoms with van der Waals surface area (Å²) in [5.74, 6) is -1.65. The summed E-state index contributed by atoms with van der Waals surface area (Å²) >= 11 is 30.1. The highest BCUT2D eigenvalue weighted by Crippen LogP contribution is 2.37. The van der Waals surface area contributed by atoms with Gasteiger partial charge in [0.25, 0.3) is 28.8 Å². The van der Waals surface area contributed by atoms with E-state index in [4.69, 9.17) is 67.5 Å². The molecule has 0 radical (unpaired) electrons. The number of aryl methyl sites for hydroxylation is 3. The van der Waals surface area contributed by atoms with Crippen LogP contribution in [0.5, 0.6) is 0 Å². The van der Waals surface area contributed by atoms with Gasteiger partial charge < -0.3 is 67.3 Å². The summed E-state index contributed by atoms with van der Waals surface area (Å²) < 4.78 is 15.6. The van der Waals surface area contributed by atoms with E-state index >= 15 is 0 Å². The average Bonchev–Trinajstić information content (AvgIpc) is 0.755. The van der Waals surface area contributed by atoms with Crippen LogP contribution in [0.3, 0.4) is 0 Å². The molecular weight excluding hydrogens is 1520 g/mol. The third-order valence-electron chi connectivity index (χ3n) is 19.6. The van der Waals surface area contributed by atoms with Gasteiger partial charge in [-0.1, -0.05) is 106 Å². The molecule has 3 amide bonds. The van der Waals surface area contributed by atoms with Crippen LogP contribution in [0.1, 0.15) is 84.0 Å². The first-order valence-electron chi connectivity index (χ1n) is 36.8. The number of nitrogens with zero attached hydrogens (tertiary/aromatic N) is 13. The van der Waals surface area contributed by atoms with Gasteiger partial charge in [-0.15, -0.1) is 0 Å². The van der Waals surface area contributed by atoms with Crippen molar-refractivity contribution in [2.45, 2.75) is 53.2 Å². The number of aromatic nitrogens is 3. The van der Waals surface area contributed by atoms with Gasteiger partial charge in [-0.25, -0.2) is 9.59 Å². The summed E-state index contributed by atoms with van der Waals surface area (Å²) in [6.07, 6.45) is 1.44. The summed E-state index contributed by atoms with van der Waals surface area (Å²) in [5, 5.41) is 16.4. The molecule has 0 unspecified atom stereocenters. The van der Waals surface area contributed by atoms with Crippen LogP contribution in [0.2, 0.25) is 25.1 Å². The smallest absolute Gasteiger partial charge is 0.357 e. The lowest BCUT2D eigenvalue weighted by molar-refractivity contribution is -0.385. The predicted octanol–water partition coefficient (Wildman–Crippen LogP) is 12.2. The number of amides is 3. The van der Waals surface area contributed by atoms with Gasteiger partial charge in [-0.05, 0) is 174 Å². The first kappa shape index (κ1) is 83.9. The number of piperazine rings is 3. The third kappa shape index (κ3) is 19.7. The molecule has 12 rings (SSSR count). The van der Waals surface area contributed by atoms with Crippen molar-refractivity contribution in [3.8, 4) is 0 Å². The van der Waals surface area contributed by atoms with Gasteiger partial charge in [-0.3, -0.25) is 38.9 Å². The maximum Gasteiger partial charge on any atom is 0.357 e. The Labute approximate surface area is 669 Å². The quantitative estimate of drug-likeness (QED) is 0.0348. The minimum atomic E-state index is -0.628. The molecule has 0 aliphatic carbocycles. The monoisotopic (exact) mass is 1610 g/mol. The Morgan fingerprint density at radius 3 is 1.21 bits per heavy atom. The fourth-order valence-electron chi connectivity index (χ4n) is 14.1. The first-order chi connectivity index (χ1) is 53.1. The van der Waals surface area contributed by atoms with Crippen molar-refractivity contribution in [2.75, 3.05) is 168 Å². The lowest BCUT2D eigenvalue weighted by Gasteiger charge is -2.37. The third-order valence-corrected chi connectivity index (χ3v) is 21.4. The van der Waals surface area contributed by atoms with Crippen molar-refractivity contribution in [3.63, 3.8) is 0 Å². The van der Waals surface area contributed by atoms with Gasteiger partial charge in [0.2, 0.25) is 0 Å². The van der Waals surface area contributed by atoms with E-state index in [2.05, 4.69) is 4.90 Å². The van der Waals surface area contributed by atoms with Gasteiger partial charge in [0.1, 0.15) is 16.8 Å². The number of hydrogen-bond acceptors (Lipinski definition) is 18. The molecule has 3 aromatic heterocycles. The van der Waals surface area contributed by atoms with Crippen molar-refractivity contribution in [3.05, 3.63) is 227 Å². The number of hydrogen-bond donors (Lipinski definition) is 0. The second kappa shape index (κ2) is 38.1. The number of nitro groups is 1. The molecule has 6 aromatic carbocycles. The standard InChI is InChI=1S/C29H34Cl2N4O4.C27H31ClN4O4.C25H27Cl2N5O4/c1-5-39-29(38)25-26(21-17-19(2)7-10-24(21)35(28(25)37)12-6-11-32(3)4)33-13-15-34(16-14-33)27(36)20-8-9-22(30)23(31)18-20;1-4-36-27(35)23-24(21-7-5-6-8-22(21)32(26(23)34)18-13-29(2)3)30-14-16-31(17-15-30)25(33)19-9-11-20(28)12-10-19;1-28(2)10-5-11-31-21-7-4-3-6-18(21)22(23(25(31)34)32(35)36)29-12-14-30(15-13-29)24(33)17-8-9-19(26)20(27)16-17/h7-10,17-18H,5-6,11-16H2,1-4H3;5-12H,4,13-18H2,1-3H3;3-4,6-9,16H,5,10-15H2,1-2H3. The summed E-state index contributed by atoms with van der Waals surface area (Å²) in [6.45, 7) is 14.3. The highest BCUT2D eigenvalue weighted by atomic mass is 35.5. The van der Waals surface area contributed by atoms with Crippen molar-refractivity contribution in [1.29, 1.82) is 0 Å². The zero-order valence-corrected chi connectivity index (χ0v) is 67.6. The van der Waals surface area contributed by atoms with E-state index in [0.29, 0.717) is 181 Å². The SMILES string of the molecule is CCOC(=O)c1c(N2CCN(C(=O)c3ccc(Cl)c(Cl)c3)CC2)c2cc(C)ccc2n(CCCN(C)C)c1=O.CCOC(=O)c1c(N2CCN(C(=O)c3ccc(Cl)cc3)CC2)c2ccccc2n(CCN(C)C)c1=O.CN(C)CCCn1c(=O)c([N+](=O)[O-])c(N2CCN(C(=O)c3ccc(Cl)c(Cl)c3)CC2)c2ccccc21. The maximum absolute atomic E-state index is 13.9. The highest BCUT2D eigenvalue weighted by molar-refractivity contribution is 6.42. The van der Waals surface area contributed by atoms with Gasteiger partial charge in [0.15, 0.2) is 0 Å². The Balaban J connectivity index is 0.000000177. The molecule has 0 bridgehead atoms. The van der Waals surface area contributed by atoms with Crippen LogP contribution >= 0.6 is 58.0 Å². The Bertz CT molecular complexity index is 5130. The average molecular weight is 1620 g/mol. The number of carbonyl (C=O) groups is 5. The number of halogens is 5. The van der Waals surface area contributed by atoms with Crippen molar-refractivity contribution >= 4 is 143 Å². The molecule has 0 atom stereocenters. The molecule has 0 N–H and O–H groups in total. The molecule has 25 nitrogen and oxygen atoms in total. The lowest BCUT2D eigenvalue weighted by Crippen LogP contribution is -2.49. The topological polar surface area (TPSA) is 242 Å².